The van der Waals surface area contributed by atoms with Crippen LogP contribution in [0.1, 0.15) is 15.9 Å². The Hall–Kier alpha value is -1.59. The number of anilines is 1. The van der Waals surface area contributed by atoms with Crippen LogP contribution in [0.15, 0.2) is 18.2 Å². The number of ether oxygens (including phenoxy) is 1. The van der Waals surface area contributed by atoms with E-state index >= 15 is 0 Å². The molecule has 0 aromatic heterocycles. The van der Waals surface area contributed by atoms with Gasteiger partial charge in [0.05, 0.1) is 19.3 Å². The first-order valence-electron chi connectivity index (χ1n) is 5.99. The Morgan fingerprint density at radius 2 is 2.33 bits per heavy atom. The number of rotatable bonds is 2. The molecule has 0 spiro atoms. The highest BCUT2D eigenvalue weighted by molar-refractivity contribution is 5.95. The molecule has 0 aliphatic carbocycles. The lowest BCUT2D eigenvalue weighted by atomic mass is 10.1. The van der Waals surface area contributed by atoms with Gasteiger partial charge in [-0.25, -0.2) is 0 Å². The van der Waals surface area contributed by atoms with Crippen molar-refractivity contribution in [2.45, 2.75) is 13.0 Å². The number of hydrogen-bond donors (Lipinski definition) is 2. The highest BCUT2D eigenvalue weighted by Crippen LogP contribution is 2.15. The highest BCUT2D eigenvalue weighted by Gasteiger charge is 2.24. The standard InChI is InChI=1S/C13H18N2O3/c1-9-4-10(6-11(14)5-9)13(17)15-2-3-18-12(7-15)8-16/h4-6,12,16H,2-3,7-8,14H2,1H3. The van der Waals surface area contributed by atoms with Gasteiger partial charge in [-0.2, -0.15) is 0 Å². The molecule has 0 radical (unpaired) electrons. The number of nitrogens with two attached hydrogens (primary N) is 1. The summed E-state index contributed by atoms with van der Waals surface area (Å²) in [7, 11) is 0. The molecule has 1 aromatic rings. The average molecular weight is 250 g/mol. The number of carbonyl (C=O) groups excluding carboxylic acids is 1. The number of morpholine rings is 1. The molecule has 1 aliphatic rings. The van der Waals surface area contributed by atoms with Gasteiger partial charge in [0.1, 0.15) is 0 Å². The molecule has 1 fully saturated rings. The summed E-state index contributed by atoms with van der Waals surface area (Å²) < 4.78 is 5.32. The van der Waals surface area contributed by atoms with Crippen molar-refractivity contribution in [1.29, 1.82) is 0 Å². The van der Waals surface area contributed by atoms with Crippen LogP contribution in [-0.4, -0.2) is 48.3 Å². The van der Waals surface area contributed by atoms with E-state index in [0.29, 0.717) is 30.9 Å². The maximum absolute atomic E-state index is 12.3. The van der Waals surface area contributed by atoms with Crippen molar-refractivity contribution in [3.8, 4) is 0 Å². The molecular formula is C13H18N2O3. The van der Waals surface area contributed by atoms with Crippen molar-refractivity contribution < 1.29 is 14.6 Å². The van der Waals surface area contributed by atoms with Crippen molar-refractivity contribution in [3.63, 3.8) is 0 Å². The molecule has 3 N–H and O–H groups in total. The molecule has 5 nitrogen and oxygen atoms in total. The molecule has 18 heavy (non-hydrogen) atoms. The predicted octanol–water partition coefficient (Wildman–Crippen LogP) is 0.411. The number of nitrogens with zero attached hydrogens (tertiary/aromatic N) is 1. The van der Waals surface area contributed by atoms with E-state index in [2.05, 4.69) is 0 Å². The maximum atomic E-state index is 12.3. The van der Waals surface area contributed by atoms with Crippen molar-refractivity contribution in [1.82, 2.24) is 4.90 Å². The maximum Gasteiger partial charge on any atom is 0.254 e. The van der Waals surface area contributed by atoms with Crippen LogP contribution in [0.5, 0.6) is 0 Å². The van der Waals surface area contributed by atoms with Crippen molar-refractivity contribution in [3.05, 3.63) is 29.3 Å². The van der Waals surface area contributed by atoms with E-state index in [1.54, 1.807) is 11.0 Å². The summed E-state index contributed by atoms with van der Waals surface area (Å²) >= 11 is 0. The third-order valence-electron chi connectivity index (χ3n) is 2.98. The summed E-state index contributed by atoms with van der Waals surface area (Å²) in [5.74, 6) is -0.0628. The van der Waals surface area contributed by atoms with Crippen LogP contribution in [0.2, 0.25) is 0 Å². The van der Waals surface area contributed by atoms with Gasteiger partial charge in [0.2, 0.25) is 0 Å². The van der Waals surface area contributed by atoms with E-state index in [1.165, 1.54) is 0 Å². The van der Waals surface area contributed by atoms with Crippen molar-refractivity contribution >= 4 is 11.6 Å². The molecule has 1 aliphatic heterocycles. The fourth-order valence-corrected chi connectivity index (χ4v) is 2.13. The van der Waals surface area contributed by atoms with Crippen LogP contribution < -0.4 is 5.73 Å². The van der Waals surface area contributed by atoms with Crippen LogP contribution in [0.4, 0.5) is 5.69 Å². The molecule has 5 heteroatoms. The first-order valence-corrected chi connectivity index (χ1v) is 5.99. The topological polar surface area (TPSA) is 75.8 Å². The third kappa shape index (κ3) is 2.80. The Labute approximate surface area is 106 Å². The molecule has 1 unspecified atom stereocenters. The summed E-state index contributed by atoms with van der Waals surface area (Å²) in [5, 5.41) is 9.07. The fourth-order valence-electron chi connectivity index (χ4n) is 2.13. The van der Waals surface area contributed by atoms with E-state index in [9.17, 15) is 4.79 Å². The summed E-state index contributed by atoms with van der Waals surface area (Å²) in [5.41, 5.74) is 7.89. The van der Waals surface area contributed by atoms with Crippen LogP contribution in [0.3, 0.4) is 0 Å². The average Bonchev–Trinajstić information content (AvgIpc) is 2.37. The van der Waals surface area contributed by atoms with Crippen molar-refractivity contribution in [2.24, 2.45) is 0 Å². The SMILES string of the molecule is Cc1cc(N)cc(C(=O)N2CCOC(CO)C2)c1. The Morgan fingerprint density at radius 1 is 1.56 bits per heavy atom. The lowest BCUT2D eigenvalue weighted by Gasteiger charge is -2.32. The minimum Gasteiger partial charge on any atom is -0.399 e. The predicted molar refractivity (Wildman–Crippen MR) is 68.3 cm³/mol. The van der Waals surface area contributed by atoms with Gasteiger partial charge in [-0.15, -0.1) is 0 Å². The Bertz CT molecular complexity index is 428. The first kappa shape index (κ1) is 12.9. The minimum absolute atomic E-state index is 0.0628. The zero-order valence-electron chi connectivity index (χ0n) is 10.4. The van der Waals surface area contributed by atoms with Crippen molar-refractivity contribution in [2.75, 3.05) is 32.0 Å². The number of carbonyl (C=O) groups is 1. The number of aliphatic hydroxyl groups is 1. The minimum atomic E-state index is -0.287. The third-order valence-corrected chi connectivity index (χ3v) is 2.98. The van der Waals surface area contributed by atoms with Gasteiger partial charge < -0.3 is 20.5 Å². The second kappa shape index (κ2) is 5.37. The van der Waals surface area contributed by atoms with Gasteiger partial charge in [0, 0.05) is 24.3 Å². The molecule has 98 valence electrons. The Balaban J connectivity index is 2.15. The number of benzene rings is 1. The lowest BCUT2D eigenvalue weighted by molar-refractivity contribution is -0.0447. The lowest BCUT2D eigenvalue weighted by Crippen LogP contribution is -2.46. The summed E-state index contributed by atoms with van der Waals surface area (Å²) in [6.07, 6.45) is -0.287. The first-order chi connectivity index (χ1) is 8.60. The normalized spacial score (nSPS) is 19.9. The molecule has 1 saturated heterocycles. The van der Waals surface area contributed by atoms with Gasteiger partial charge in [-0.3, -0.25) is 4.79 Å². The molecule has 1 heterocycles. The monoisotopic (exact) mass is 250 g/mol. The van der Waals surface area contributed by atoms with E-state index in [1.807, 2.05) is 19.1 Å². The molecule has 2 rings (SSSR count). The molecular weight excluding hydrogens is 232 g/mol. The Kier molecular flexibility index (Phi) is 3.84. The molecule has 1 amide bonds. The number of aryl methyl sites for hydroxylation is 1. The van der Waals surface area contributed by atoms with Crippen LogP contribution in [0, 0.1) is 6.92 Å². The smallest absolute Gasteiger partial charge is 0.254 e. The molecule has 0 saturated carbocycles. The van der Waals surface area contributed by atoms with Crippen LogP contribution >= 0.6 is 0 Å². The molecule has 1 atom stereocenters. The van der Waals surface area contributed by atoms with E-state index in [4.69, 9.17) is 15.6 Å². The highest BCUT2D eigenvalue weighted by atomic mass is 16.5. The van der Waals surface area contributed by atoms with Gasteiger partial charge in [-0.1, -0.05) is 0 Å². The number of hydrogen-bond acceptors (Lipinski definition) is 4. The van der Waals surface area contributed by atoms with Crippen LogP contribution in [0.25, 0.3) is 0 Å². The quantitative estimate of drug-likeness (QED) is 0.745. The largest absolute Gasteiger partial charge is 0.399 e. The van der Waals surface area contributed by atoms with Gasteiger partial charge in [0.15, 0.2) is 0 Å². The van der Waals surface area contributed by atoms with E-state index < -0.39 is 0 Å². The Morgan fingerprint density at radius 3 is 3.00 bits per heavy atom. The summed E-state index contributed by atoms with van der Waals surface area (Å²) in [4.78, 5) is 14.0. The van der Waals surface area contributed by atoms with Crippen LogP contribution in [-0.2, 0) is 4.74 Å². The second-order valence-electron chi connectivity index (χ2n) is 4.56. The van der Waals surface area contributed by atoms with Gasteiger partial charge >= 0.3 is 0 Å². The molecule has 0 bridgehead atoms. The number of aliphatic hydroxyl groups excluding tert-OH is 1. The van der Waals surface area contributed by atoms with Gasteiger partial charge in [-0.05, 0) is 30.7 Å². The fraction of sp³-hybridized carbons (Fsp3) is 0.462. The number of amides is 1. The zero-order chi connectivity index (χ0) is 13.1. The summed E-state index contributed by atoms with van der Waals surface area (Å²) in [6, 6.07) is 5.33. The van der Waals surface area contributed by atoms with E-state index in [0.717, 1.165) is 5.56 Å². The van der Waals surface area contributed by atoms with E-state index in [-0.39, 0.29) is 18.6 Å². The van der Waals surface area contributed by atoms with Gasteiger partial charge in [0.25, 0.3) is 5.91 Å². The second-order valence-corrected chi connectivity index (χ2v) is 4.56. The zero-order valence-corrected chi connectivity index (χ0v) is 10.4. The number of nitrogen functional groups attached to an aromatic ring is 1. The molecule has 1 aromatic carbocycles. The summed E-state index contributed by atoms with van der Waals surface area (Å²) in [6.45, 7) is 3.26.